The maximum atomic E-state index is 11.6. The first kappa shape index (κ1) is 16.4. The van der Waals surface area contributed by atoms with Gasteiger partial charge in [0.1, 0.15) is 5.75 Å². The van der Waals surface area contributed by atoms with Crippen molar-refractivity contribution in [2.45, 2.75) is 13.0 Å². The van der Waals surface area contributed by atoms with Crippen molar-refractivity contribution in [3.63, 3.8) is 0 Å². The number of anilines is 1. The van der Waals surface area contributed by atoms with Crippen LogP contribution >= 0.6 is 0 Å². The topological polar surface area (TPSA) is 102 Å². The molecule has 1 amide bonds. The molecule has 1 unspecified atom stereocenters. The number of nitrogens with one attached hydrogen (secondary N) is 1. The summed E-state index contributed by atoms with van der Waals surface area (Å²) in [5.41, 5.74) is 6.59. The van der Waals surface area contributed by atoms with Crippen molar-refractivity contribution in [1.29, 1.82) is 0 Å². The summed E-state index contributed by atoms with van der Waals surface area (Å²) in [6.45, 7) is 2.35. The van der Waals surface area contributed by atoms with E-state index in [1.165, 1.54) is 6.07 Å². The van der Waals surface area contributed by atoms with Gasteiger partial charge in [0, 0.05) is 11.3 Å². The fraction of sp³-hybridized carbons (Fsp3) is 0.176. The van der Waals surface area contributed by atoms with Crippen LogP contribution in [-0.4, -0.2) is 23.6 Å². The van der Waals surface area contributed by atoms with Crippen molar-refractivity contribution in [2.24, 2.45) is 5.73 Å². The van der Waals surface area contributed by atoms with Gasteiger partial charge in [0.25, 0.3) is 0 Å². The van der Waals surface area contributed by atoms with E-state index >= 15 is 0 Å². The van der Waals surface area contributed by atoms with Gasteiger partial charge in [-0.25, -0.2) is 4.79 Å². The lowest BCUT2D eigenvalue weighted by molar-refractivity contribution is -0.138. The van der Waals surface area contributed by atoms with E-state index in [9.17, 15) is 14.7 Å². The zero-order valence-electron chi connectivity index (χ0n) is 12.7. The first-order valence-electron chi connectivity index (χ1n) is 7.13. The summed E-state index contributed by atoms with van der Waals surface area (Å²) in [5.74, 6) is -1.01. The van der Waals surface area contributed by atoms with Crippen LogP contribution in [0.2, 0.25) is 0 Å². The van der Waals surface area contributed by atoms with Crippen molar-refractivity contribution in [2.75, 3.05) is 11.9 Å². The van der Waals surface area contributed by atoms with Crippen LogP contribution in [-0.2, 0) is 4.79 Å². The van der Waals surface area contributed by atoms with Gasteiger partial charge in [0.05, 0.1) is 6.61 Å². The number of aliphatic carboxylic acids is 1. The Bertz CT molecular complexity index is 715. The Labute approximate surface area is 133 Å². The molecule has 2 aromatic carbocycles. The van der Waals surface area contributed by atoms with Crippen LogP contribution in [0.5, 0.6) is 5.75 Å². The molecule has 0 bridgehead atoms. The third-order valence-electron chi connectivity index (χ3n) is 3.21. The number of carbonyl (C=O) groups excluding carboxylic acids is 1. The fourth-order valence-corrected chi connectivity index (χ4v) is 2.17. The zero-order chi connectivity index (χ0) is 16.8. The van der Waals surface area contributed by atoms with E-state index in [1.54, 1.807) is 42.5 Å². The Morgan fingerprint density at radius 3 is 2.61 bits per heavy atom. The molecule has 120 valence electrons. The molecule has 0 fully saturated rings. The van der Waals surface area contributed by atoms with Gasteiger partial charge in [-0.2, -0.15) is 0 Å². The molecule has 0 radical (unpaired) electrons. The third-order valence-corrected chi connectivity index (χ3v) is 3.21. The molecule has 6 nitrogen and oxygen atoms in total. The number of ether oxygens (including phenoxy) is 1. The molecule has 1 atom stereocenters. The minimum absolute atomic E-state index is 0.308. The van der Waals surface area contributed by atoms with Crippen LogP contribution in [0.25, 0.3) is 0 Å². The summed E-state index contributed by atoms with van der Waals surface area (Å²) < 4.78 is 5.40. The number of benzene rings is 2. The Balaban J connectivity index is 2.29. The van der Waals surface area contributed by atoms with Crippen molar-refractivity contribution in [3.8, 4) is 5.75 Å². The van der Waals surface area contributed by atoms with Gasteiger partial charge in [-0.1, -0.05) is 18.2 Å². The van der Waals surface area contributed by atoms with E-state index in [1.807, 2.05) is 6.92 Å². The predicted octanol–water partition coefficient (Wildman–Crippen LogP) is 2.42. The van der Waals surface area contributed by atoms with Crippen molar-refractivity contribution < 1.29 is 19.4 Å². The number of hydrogen-bond donors (Lipinski definition) is 3. The first-order valence-corrected chi connectivity index (χ1v) is 7.13. The van der Waals surface area contributed by atoms with Gasteiger partial charge in [-0.15, -0.1) is 0 Å². The highest BCUT2D eigenvalue weighted by molar-refractivity contribution is 5.94. The normalized spacial score (nSPS) is 11.5. The number of carboxylic acids is 1. The second-order valence-electron chi connectivity index (χ2n) is 4.87. The first-order chi connectivity index (χ1) is 11.0. The Hall–Kier alpha value is -3.02. The van der Waals surface area contributed by atoms with Crippen LogP contribution in [0.15, 0.2) is 48.5 Å². The zero-order valence-corrected chi connectivity index (χ0v) is 12.7. The Kier molecular flexibility index (Phi) is 5.19. The fourth-order valence-electron chi connectivity index (χ4n) is 2.17. The minimum atomic E-state index is -1.04. The number of carboxylic acid groups (broad SMARTS) is 1. The summed E-state index contributed by atoms with van der Waals surface area (Å²) in [5, 5.41) is 12.4. The highest BCUT2D eigenvalue weighted by Crippen LogP contribution is 2.24. The SMILES string of the molecule is CCOc1cccc(C(Nc2cccc(C(N)=O)c2)C(=O)O)c1. The Morgan fingerprint density at radius 1 is 1.22 bits per heavy atom. The third kappa shape index (κ3) is 4.23. The van der Waals surface area contributed by atoms with Gasteiger partial charge < -0.3 is 20.9 Å². The molecule has 0 aliphatic rings. The Morgan fingerprint density at radius 2 is 1.96 bits per heavy atom. The molecule has 0 saturated carbocycles. The van der Waals surface area contributed by atoms with Gasteiger partial charge >= 0.3 is 5.97 Å². The molecule has 0 heterocycles. The molecular weight excluding hydrogens is 296 g/mol. The quantitative estimate of drug-likeness (QED) is 0.728. The van der Waals surface area contributed by atoms with E-state index < -0.39 is 17.9 Å². The van der Waals surface area contributed by atoms with E-state index in [2.05, 4.69) is 5.32 Å². The molecule has 4 N–H and O–H groups in total. The van der Waals surface area contributed by atoms with Crippen LogP contribution in [0, 0.1) is 0 Å². The van der Waals surface area contributed by atoms with Crippen LogP contribution in [0.1, 0.15) is 28.9 Å². The van der Waals surface area contributed by atoms with Gasteiger partial charge in [-0.05, 0) is 42.8 Å². The monoisotopic (exact) mass is 314 g/mol. The van der Waals surface area contributed by atoms with Gasteiger partial charge in [0.15, 0.2) is 6.04 Å². The number of nitrogens with two attached hydrogens (primary N) is 1. The molecule has 2 aromatic rings. The lowest BCUT2D eigenvalue weighted by atomic mass is 10.1. The molecule has 0 aliphatic heterocycles. The number of primary amides is 1. The number of amides is 1. The van der Waals surface area contributed by atoms with E-state index in [0.29, 0.717) is 29.2 Å². The molecule has 6 heteroatoms. The molecule has 23 heavy (non-hydrogen) atoms. The second kappa shape index (κ2) is 7.31. The molecular formula is C17H18N2O4. The van der Waals surface area contributed by atoms with E-state index in [4.69, 9.17) is 10.5 Å². The molecule has 0 aliphatic carbocycles. The maximum Gasteiger partial charge on any atom is 0.330 e. The smallest absolute Gasteiger partial charge is 0.330 e. The van der Waals surface area contributed by atoms with Crippen LogP contribution in [0.3, 0.4) is 0 Å². The highest BCUT2D eigenvalue weighted by atomic mass is 16.5. The predicted molar refractivity (Wildman–Crippen MR) is 86.6 cm³/mol. The minimum Gasteiger partial charge on any atom is -0.494 e. The summed E-state index contributed by atoms with van der Waals surface area (Å²) in [6, 6.07) is 12.3. The summed E-state index contributed by atoms with van der Waals surface area (Å²) in [7, 11) is 0. The van der Waals surface area contributed by atoms with Gasteiger partial charge in [-0.3, -0.25) is 4.79 Å². The second-order valence-corrected chi connectivity index (χ2v) is 4.87. The van der Waals surface area contributed by atoms with E-state index in [0.717, 1.165) is 0 Å². The summed E-state index contributed by atoms with van der Waals surface area (Å²) >= 11 is 0. The molecule has 0 spiro atoms. The number of hydrogen-bond acceptors (Lipinski definition) is 4. The van der Waals surface area contributed by atoms with Crippen molar-refractivity contribution >= 4 is 17.6 Å². The average Bonchev–Trinajstić information content (AvgIpc) is 2.53. The maximum absolute atomic E-state index is 11.6. The van der Waals surface area contributed by atoms with Crippen LogP contribution in [0.4, 0.5) is 5.69 Å². The number of rotatable bonds is 7. The van der Waals surface area contributed by atoms with Crippen LogP contribution < -0.4 is 15.8 Å². The molecule has 2 rings (SSSR count). The van der Waals surface area contributed by atoms with Gasteiger partial charge in [0.2, 0.25) is 5.91 Å². The standard InChI is InChI=1S/C17H18N2O4/c1-2-23-14-8-4-5-11(10-14)15(17(21)22)19-13-7-3-6-12(9-13)16(18)20/h3-10,15,19H,2H2,1H3,(H2,18,20)(H,21,22). The molecule has 0 saturated heterocycles. The number of carbonyl (C=O) groups is 2. The lowest BCUT2D eigenvalue weighted by Crippen LogP contribution is -2.21. The average molecular weight is 314 g/mol. The van der Waals surface area contributed by atoms with Crippen molar-refractivity contribution in [3.05, 3.63) is 59.7 Å². The van der Waals surface area contributed by atoms with E-state index in [-0.39, 0.29) is 0 Å². The van der Waals surface area contributed by atoms with Crippen molar-refractivity contribution in [1.82, 2.24) is 0 Å². The summed E-state index contributed by atoms with van der Waals surface area (Å²) in [4.78, 5) is 22.8. The lowest BCUT2D eigenvalue weighted by Gasteiger charge is -2.17. The summed E-state index contributed by atoms with van der Waals surface area (Å²) in [6.07, 6.45) is 0. The largest absolute Gasteiger partial charge is 0.494 e. The molecule has 0 aromatic heterocycles. The highest BCUT2D eigenvalue weighted by Gasteiger charge is 2.20.